The molecule has 1 saturated carbocycles. The lowest BCUT2D eigenvalue weighted by Gasteiger charge is -2.59. The van der Waals surface area contributed by atoms with Crippen LogP contribution in [0, 0.1) is 34.0 Å². The number of ether oxygens (including phenoxy) is 3. The van der Waals surface area contributed by atoms with Crippen LogP contribution in [0.1, 0.15) is 113 Å². The van der Waals surface area contributed by atoms with Crippen molar-refractivity contribution in [2.24, 2.45) is 34.0 Å². The molecule has 0 aromatic carbocycles. The fourth-order valence-electron chi connectivity index (χ4n) is 9.37. The molecule has 0 radical (unpaired) electrons. The van der Waals surface area contributed by atoms with Crippen molar-refractivity contribution in [1.82, 2.24) is 0 Å². The van der Waals surface area contributed by atoms with Crippen LogP contribution in [0.25, 0.3) is 0 Å². The first-order valence-electron chi connectivity index (χ1n) is 16.1. The van der Waals surface area contributed by atoms with Crippen molar-refractivity contribution >= 4 is 23.9 Å². The maximum Gasteiger partial charge on any atom is 0.330 e. The van der Waals surface area contributed by atoms with E-state index in [0.29, 0.717) is 19.3 Å². The van der Waals surface area contributed by atoms with Gasteiger partial charge in [-0.15, -0.1) is 0 Å². The predicted octanol–water partition coefficient (Wildman–Crippen LogP) is 6.17. The van der Waals surface area contributed by atoms with Crippen molar-refractivity contribution in [2.45, 2.75) is 125 Å². The Morgan fingerprint density at radius 3 is 2.23 bits per heavy atom. The molecule has 9 heteroatoms. The average Bonchev–Trinajstić information content (AvgIpc) is 3.22. The second-order valence-electron chi connectivity index (χ2n) is 14.5. The lowest BCUT2D eigenvalue weighted by atomic mass is 9.46. The van der Waals surface area contributed by atoms with Crippen molar-refractivity contribution in [3.63, 3.8) is 0 Å². The molecule has 248 valence electrons. The first-order valence-corrected chi connectivity index (χ1v) is 16.1. The normalized spacial score (nSPS) is 31.8. The van der Waals surface area contributed by atoms with E-state index in [1.165, 1.54) is 32.1 Å². The van der Waals surface area contributed by atoms with Gasteiger partial charge in [0.25, 0.3) is 0 Å². The minimum absolute atomic E-state index is 0.0106. The lowest BCUT2D eigenvalue weighted by molar-refractivity contribution is -0.152. The van der Waals surface area contributed by atoms with Crippen molar-refractivity contribution < 1.29 is 43.6 Å². The second-order valence-corrected chi connectivity index (χ2v) is 14.5. The number of hydrogen-bond acceptors (Lipinski definition) is 8. The van der Waals surface area contributed by atoms with Crippen molar-refractivity contribution in [1.29, 1.82) is 0 Å². The van der Waals surface area contributed by atoms with E-state index < -0.39 is 29.1 Å². The maximum absolute atomic E-state index is 12.5. The number of carbonyl (C=O) groups is 4. The van der Waals surface area contributed by atoms with Crippen LogP contribution in [0.5, 0.6) is 0 Å². The number of aliphatic hydroxyl groups is 1. The lowest BCUT2D eigenvalue weighted by Crippen LogP contribution is -2.54. The van der Waals surface area contributed by atoms with Crippen molar-refractivity contribution in [3.8, 4) is 0 Å². The Kier molecular flexibility index (Phi) is 10.9. The van der Waals surface area contributed by atoms with Crippen LogP contribution in [0.3, 0.4) is 0 Å². The molecule has 0 aliphatic heterocycles. The fraction of sp³-hybridized carbons (Fsp3) is 0.771. The molecule has 44 heavy (non-hydrogen) atoms. The monoisotopic (exact) mass is 618 g/mol. The molecular weight excluding hydrogens is 564 g/mol. The Hall–Kier alpha value is -2.68. The quantitative estimate of drug-likeness (QED) is 0.114. The molecule has 7 atom stereocenters. The van der Waals surface area contributed by atoms with E-state index >= 15 is 0 Å². The summed E-state index contributed by atoms with van der Waals surface area (Å²) in [6, 6.07) is 0. The minimum atomic E-state index is -1.07. The summed E-state index contributed by atoms with van der Waals surface area (Å²) in [5, 5.41) is 20.8. The third-order valence-corrected chi connectivity index (χ3v) is 11.8. The number of allylic oxidation sites excluding steroid dienone is 1. The molecule has 0 aromatic rings. The third-order valence-electron chi connectivity index (χ3n) is 11.8. The highest BCUT2D eigenvalue weighted by molar-refractivity contribution is 5.85. The third kappa shape index (κ3) is 6.77. The molecule has 9 nitrogen and oxygen atoms in total. The van der Waals surface area contributed by atoms with Gasteiger partial charge in [0.2, 0.25) is 0 Å². The van der Waals surface area contributed by atoms with E-state index in [0.717, 1.165) is 32.1 Å². The van der Waals surface area contributed by atoms with Crippen LogP contribution in [0.2, 0.25) is 0 Å². The molecule has 1 fully saturated rings. The zero-order valence-corrected chi connectivity index (χ0v) is 28.2. The number of carbonyl (C=O) groups excluding carboxylic acids is 3. The Morgan fingerprint density at radius 2 is 1.68 bits per heavy atom. The van der Waals surface area contributed by atoms with Crippen LogP contribution in [-0.4, -0.2) is 59.5 Å². The molecular formula is C35H54O9. The Labute approximate surface area is 262 Å². The molecule has 3 aliphatic rings. The standard InChI is InChI=1S/C35H54O9/c1-21(31(39)40)10-12-28(44-24(4)37)22(2)25-14-17-34(8)26-11-13-29(32(5,6)41)35(20-43-23(3)36,19-16-30(38)42-9)27(26)15-18-33(25,34)7/h10,22,25,28-29,41H,11-20H2,1-9H3,(H,39,40)/b21-10-/t22-,25+,28+,29-,33+,34-,35-/m0/s1. The number of hydrogen-bond donors (Lipinski definition) is 2. The van der Waals surface area contributed by atoms with E-state index in [-0.39, 0.29) is 59.1 Å². The SMILES string of the molecule is COC(=O)CC[C@]1(COC(C)=O)C2=C(CC[C@H]1C(C)(C)O)[C@]1(C)CC[C@H]([C@H](C)[C@@H](C/C=C(/C)C(=O)O)OC(C)=O)[C@@]1(C)CC2. The number of methoxy groups -OCH3 is 1. The summed E-state index contributed by atoms with van der Waals surface area (Å²) < 4.78 is 16.6. The van der Waals surface area contributed by atoms with Gasteiger partial charge in [-0.1, -0.05) is 38.0 Å². The molecule has 0 saturated heterocycles. The van der Waals surface area contributed by atoms with Gasteiger partial charge < -0.3 is 24.4 Å². The fourth-order valence-corrected chi connectivity index (χ4v) is 9.37. The Morgan fingerprint density at radius 1 is 1.02 bits per heavy atom. The first kappa shape index (κ1) is 35.8. The van der Waals surface area contributed by atoms with Gasteiger partial charge in [-0.3, -0.25) is 14.4 Å². The highest BCUT2D eigenvalue weighted by Crippen LogP contribution is 2.71. The highest BCUT2D eigenvalue weighted by atomic mass is 16.5. The second kappa shape index (κ2) is 13.4. The van der Waals surface area contributed by atoms with Crippen LogP contribution in [0.4, 0.5) is 0 Å². The highest BCUT2D eigenvalue weighted by Gasteiger charge is 2.63. The predicted molar refractivity (Wildman–Crippen MR) is 165 cm³/mol. The number of carboxylic acid groups (broad SMARTS) is 1. The van der Waals surface area contributed by atoms with E-state index in [9.17, 15) is 29.4 Å². The summed E-state index contributed by atoms with van der Waals surface area (Å²) in [5.41, 5.74) is 0.691. The number of aliphatic carboxylic acids is 1. The van der Waals surface area contributed by atoms with Crippen molar-refractivity contribution in [3.05, 3.63) is 22.8 Å². The Balaban J connectivity index is 2.10. The summed E-state index contributed by atoms with van der Waals surface area (Å²) in [4.78, 5) is 48.2. The van der Waals surface area contributed by atoms with Gasteiger partial charge in [0.05, 0.1) is 12.7 Å². The van der Waals surface area contributed by atoms with Gasteiger partial charge in [-0.2, -0.15) is 0 Å². The van der Waals surface area contributed by atoms with Gasteiger partial charge in [-0.05, 0) is 88.4 Å². The molecule has 0 unspecified atom stereocenters. The van der Waals surface area contributed by atoms with Crippen LogP contribution in [0.15, 0.2) is 22.8 Å². The van der Waals surface area contributed by atoms with Gasteiger partial charge >= 0.3 is 23.9 Å². The van der Waals surface area contributed by atoms with Gasteiger partial charge in [0.15, 0.2) is 0 Å². The van der Waals surface area contributed by atoms with E-state index in [4.69, 9.17) is 14.2 Å². The van der Waals surface area contributed by atoms with Crippen LogP contribution in [-0.2, 0) is 33.4 Å². The van der Waals surface area contributed by atoms with Gasteiger partial charge in [0.1, 0.15) is 12.7 Å². The number of carboxylic acids is 1. The molecule has 0 bridgehead atoms. The molecule has 0 amide bonds. The van der Waals surface area contributed by atoms with Gasteiger partial charge in [0, 0.05) is 43.6 Å². The minimum Gasteiger partial charge on any atom is -0.478 e. The largest absolute Gasteiger partial charge is 0.478 e. The molecule has 3 rings (SSSR count). The number of rotatable bonds is 12. The maximum atomic E-state index is 12.5. The number of esters is 3. The van der Waals surface area contributed by atoms with Crippen molar-refractivity contribution in [2.75, 3.05) is 13.7 Å². The average molecular weight is 619 g/mol. The van der Waals surface area contributed by atoms with Crippen LogP contribution < -0.4 is 0 Å². The summed E-state index contributed by atoms with van der Waals surface area (Å²) >= 11 is 0. The topological polar surface area (TPSA) is 136 Å². The molecule has 2 N–H and O–H groups in total. The zero-order chi connectivity index (χ0) is 33.3. The zero-order valence-electron chi connectivity index (χ0n) is 28.2. The molecule has 0 aromatic heterocycles. The van der Waals surface area contributed by atoms with E-state index in [1.54, 1.807) is 13.0 Å². The van der Waals surface area contributed by atoms with Gasteiger partial charge in [-0.25, -0.2) is 4.79 Å². The summed E-state index contributed by atoms with van der Waals surface area (Å²) in [5.74, 6) is -2.11. The first-order chi connectivity index (χ1) is 20.3. The summed E-state index contributed by atoms with van der Waals surface area (Å²) in [6.45, 7) is 14.8. The number of fused-ring (bicyclic) bond motifs is 2. The summed E-state index contributed by atoms with van der Waals surface area (Å²) in [6.07, 6.45) is 7.07. The Bertz CT molecular complexity index is 1190. The van der Waals surface area contributed by atoms with Crippen LogP contribution >= 0.6 is 0 Å². The summed E-state index contributed by atoms with van der Waals surface area (Å²) in [7, 11) is 1.37. The van der Waals surface area contributed by atoms with E-state index in [2.05, 4.69) is 20.8 Å². The molecule has 0 spiro atoms. The molecule has 0 heterocycles. The molecule has 3 aliphatic carbocycles. The smallest absolute Gasteiger partial charge is 0.330 e. The van der Waals surface area contributed by atoms with E-state index in [1.807, 2.05) is 13.8 Å².